The highest BCUT2D eigenvalue weighted by Crippen LogP contribution is 2.47. The van der Waals surface area contributed by atoms with Gasteiger partial charge in [-0.05, 0) is 35.3 Å². The molecule has 4 rings (SSSR count). The maximum atomic E-state index is 13.0. The highest BCUT2D eigenvalue weighted by Gasteiger charge is 2.57. The van der Waals surface area contributed by atoms with Crippen LogP contribution in [0.4, 0.5) is 26.3 Å². The summed E-state index contributed by atoms with van der Waals surface area (Å²) in [4.78, 5) is 0.196. The van der Waals surface area contributed by atoms with Gasteiger partial charge in [-0.25, -0.2) is 16.8 Å². The molecule has 1 aromatic carbocycles. The van der Waals surface area contributed by atoms with E-state index >= 15 is 0 Å². The molecular weight excluding hydrogens is 584 g/mol. The number of rotatable bonds is 7. The Morgan fingerprint density at radius 3 is 2.02 bits per heavy atom. The summed E-state index contributed by atoms with van der Waals surface area (Å²) < 4.78 is 126. The van der Waals surface area contributed by atoms with Crippen molar-refractivity contribution >= 4 is 37.0 Å². The first-order valence-electron chi connectivity index (χ1n) is 12.1. The second-order valence-corrected chi connectivity index (χ2v) is 13.0. The van der Waals surface area contributed by atoms with Crippen LogP contribution in [-0.4, -0.2) is 63.6 Å². The van der Waals surface area contributed by atoms with Crippen molar-refractivity contribution in [1.82, 2.24) is 9.80 Å². The number of fused-ring (bicyclic) bond motifs is 3. The molecule has 15 heteroatoms. The number of sulfone groups is 2. The summed E-state index contributed by atoms with van der Waals surface area (Å²) >= 11 is 0. The summed E-state index contributed by atoms with van der Waals surface area (Å²) in [6.07, 6.45) is 11.1. The third-order valence-electron chi connectivity index (χ3n) is 6.24. The van der Waals surface area contributed by atoms with Crippen LogP contribution in [0.5, 0.6) is 0 Å². The fourth-order valence-electron chi connectivity index (χ4n) is 4.23. The van der Waals surface area contributed by atoms with Crippen molar-refractivity contribution in [2.24, 2.45) is 0 Å². The van der Waals surface area contributed by atoms with Crippen LogP contribution in [0, 0.1) is 5.41 Å². The molecule has 0 bridgehead atoms. The van der Waals surface area contributed by atoms with Gasteiger partial charge in [-0.15, -0.1) is 0 Å². The molecule has 3 aliphatic rings. The van der Waals surface area contributed by atoms with Crippen molar-refractivity contribution in [3.05, 3.63) is 69.3 Å². The van der Waals surface area contributed by atoms with Gasteiger partial charge in [0.05, 0.1) is 17.3 Å². The quantitative estimate of drug-likeness (QED) is 0.308. The Morgan fingerprint density at radius 2 is 1.48 bits per heavy atom. The van der Waals surface area contributed by atoms with Crippen molar-refractivity contribution in [3.8, 4) is 0 Å². The molecule has 0 aromatic heterocycles. The van der Waals surface area contributed by atoms with Gasteiger partial charge in [0.2, 0.25) is 0 Å². The second kappa shape index (κ2) is 11.4. The fourth-order valence-corrected chi connectivity index (χ4v) is 6.69. The molecule has 1 heterocycles. The molecule has 0 amide bonds. The summed E-state index contributed by atoms with van der Waals surface area (Å²) in [5.41, 5.74) is -13.9. The number of alkyl halides is 6. The number of nitrogens with one attached hydrogen (secondary N) is 1. The number of allylic oxidation sites excluding steroid dienone is 4. The molecular formula is C25H27F6N3O4S2. The Kier molecular flexibility index (Phi) is 8.99. The molecule has 0 spiro atoms. The van der Waals surface area contributed by atoms with Gasteiger partial charge < -0.3 is 9.80 Å². The zero-order valence-corrected chi connectivity index (χ0v) is 23.1. The Balaban J connectivity index is 0.000000307. The zero-order chi connectivity index (χ0) is 30.1. The molecule has 2 aliphatic carbocycles. The van der Waals surface area contributed by atoms with Crippen LogP contribution in [0.3, 0.4) is 0 Å². The topological polar surface area (TPSA) is 98.6 Å². The molecule has 1 N–H and O–H groups in total. The highest BCUT2D eigenvalue weighted by molar-refractivity contribution is 8.00. The van der Waals surface area contributed by atoms with E-state index in [-0.39, 0.29) is 22.8 Å². The highest BCUT2D eigenvalue weighted by atomic mass is 32.2. The van der Waals surface area contributed by atoms with E-state index in [1.165, 1.54) is 56.5 Å². The second-order valence-electron chi connectivity index (χ2n) is 9.24. The first kappa shape index (κ1) is 31.5. The summed E-state index contributed by atoms with van der Waals surface area (Å²) in [5.74, 6) is 0. The van der Waals surface area contributed by atoms with Crippen LogP contribution in [0.2, 0.25) is 0 Å². The average Bonchev–Trinajstić information content (AvgIpc) is 3.44. The van der Waals surface area contributed by atoms with Gasteiger partial charge in [0.25, 0.3) is 19.7 Å². The van der Waals surface area contributed by atoms with Crippen LogP contribution in [-0.2, 0) is 19.7 Å². The minimum absolute atomic E-state index is 0.153. The van der Waals surface area contributed by atoms with Crippen LogP contribution in [0.1, 0.15) is 43.7 Å². The number of unbranched alkanes of at least 4 members (excludes halogenated alkanes) is 3. The van der Waals surface area contributed by atoms with E-state index in [0.29, 0.717) is 0 Å². The lowest BCUT2D eigenvalue weighted by Gasteiger charge is -2.23. The summed E-state index contributed by atoms with van der Waals surface area (Å²) in [5, 5.41) is 7.82. The lowest BCUT2D eigenvalue weighted by atomic mass is 9.95. The SMILES string of the molecule is CCCCCCN1C=CN(C)C1.N=C1C2=Cc3ccccc3C2=CC(S(=O)(=O)C(F)(F)F)=C1S(=O)(=O)C(F)(F)F. The summed E-state index contributed by atoms with van der Waals surface area (Å²) in [6.45, 7) is 4.55. The van der Waals surface area contributed by atoms with E-state index in [1.54, 1.807) is 0 Å². The minimum Gasteiger partial charge on any atom is -0.362 e. The van der Waals surface area contributed by atoms with Crippen molar-refractivity contribution in [1.29, 1.82) is 5.41 Å². The van der Waals surface area contributed by atoms with Gasteiger partial charge in [-0.3, -0.25) is 5.41 Å². The first-order chi connectivity index (χ1) is 18.4. The smallest absolute Gasteiger partial charge is 0.362 e. The molecule has 0 atom stereocenters. The van der Waals surface area contributed by atoms with E-state index in [2.05, 4.69) is 36.2 Å². The maximum absolute atomic E-state index is 13.0. The molecule has 40 heavy (non-hydrogen) atoms. The van der Waals surface area contributed by atoms with Crippen LogP contribution >= 0.6 is 0 Å². The Hall–Kier alpha value is -3.07. The van der Waals surface area contributed by atoms with E-state index in [1.807, 2.05) is 0 Å². The number of nitrogens with zero attached hydrogens (tertiary/aromatic N) is 2. The molecule has 220 valence electrons. The lowest BCUT2D eigenvalue weighted by Crippen LogP contribution is -2.35. The van der Waals surface area contributed by atoms with Gasteiger partial charge in [0.15, 0.2) is 0 Å². The lowest BCUT2D eigenvalue weighted by molar-refractivity contribution is -0.0437. The van der Waals surface area contributed by atoms with Gasteiger partial charge in [-0.1, -0.05) is 50.5 Å². The van der Waals surface area contributed by atoms with Crippen molar-refractivity contribution < 1.29 is 43.2 Å². The van der Waals surface area contributed by atoms with Gasteiger partial charge in [-0.2, -0.15) is 26.3 Å². The monoisotopic (exact) mass is 611 g/mol. The minimum atomic E-state index is -6.58. The van der Waals surface area contributed by atoms with E-state index in [9.17, 15) is 43.2 Å². The van der Waals surface area contributed by atoms with Crippen LogP contribution in [0.15, 0.2) is 58.1 Å². The Labute approximate surface area is 228 Å². The zero-order valence-electron chi connectivity index (χ0n) is 21.5. The predicted octanol–water partition coefficient (Wildman–Crippen LogP) is 5.82. The Bertz CT molecular complexity index is 1510. The van der Waals surface area contributed by atoms with Gasteiger partial charge in [0.1, 0.15) is 4.91 Å². The van der Waals surface area contributed by atoms with Crippen molar-refractivity contribution in [2.45, 2.75) is 43.6 Å². The predicted molar refractivity (Wildman–Crippen MR) is 140 cm³/mol. The third-order valence-corrected chi connectivity index (χ3v) is 9.45. The molecule has 0 radical (unpaired) electrons. The molecule has 0 fully saturated rings. The number of benzene rings is 1. The molecule has 0 saturated carbocycles. The van der Waals surface area contributed by atoms with Gasteiger partial charge >= 0.3 is 11.0 Å². The average molecular weight is 612 g/mol. The summed E-state index contributed by atoms with van der Waals surface area (Å²) in [7, 11) is -11.0. The molecule has 0 saturated heterocycles. The third kappa shape index (κ3) is 6.14. The van der Waals surface area contributed by atoms with E-state index < -0.39 is 51.8 Å². The maximum Gasteiger partial charge on any atom is 0.502 e. The fraction of sp³-hybridized carbons (Fsp3) is 0.400. The van der Waals surface area contributed by atoms with Crippen LogP contribution < -0.4 is 0 Å². The largest absolute Gasteiger partial charge is 0.502 e. The standard InChI is InChI=1S/C15H7F6NO4S2.C10H20N2/c16-14(17,18)27(23,24)11-6-9-8-4-2-1-3-7(8)5-10(9)12(22)13(11)28(25,26)15(19,20)21;1-3-4-5-6-7-12-9-8-11(2)10-12/h1-6,22H;8-9H,3-7,10H2,1-2H3. The molecule has 1 aliphatic heterocycles. The number of hydrogen-bond donors (Lipinski definition) is 1. The van der Waals surface area contributed by atoms with E-state index in [4.69, 9.17) is 5.41 Å². The number of halogens is 6. The first-order valence-corrected chi connectivity index (χ1v) is 15.0. The van der Waals surface area contributed by atoms with E-state index in [0.717, 1.165) is 12.7 Å². The normalized spacial score (nSPS) is 17.4. The van der Waals surface area contributed by atoms with Crippen molar-refractivity contribution in [3.63, 3.8) is 0 Å². The summed E-state index contributed by atoms with van der Waals surface area (Å²) in [6, 6.07) is 5.69. The Morgan fingerprint density at radius 1 is 0.850 bits per heavy atom. The molecule has 7 nitrogen and oxygen atoms in total. The van der Waals surface area contributed by atoms with Crippen molar-refractivity contribution in [2.75, 3.05) is 20.3 Å². The van der Waals surface area contributed by atoms with Crippen LogP contribution in [0.25, 0.3) is 11.6 Å². The number of hydrogen-bond acceptors (Lipinski definition) is 7. The van der Waals surface area contributed by atoms with Gasteiger partial charge in [0, 0.05) is 31.6 Å². The molecule has 1 aromatic rings. The molecule has 0 unspecified atom stereocenters.